The third kappa shape index (κ3) is 3.99. The second kappa shape index (κ2) is 8.33. The van der Waals surface area contributed by atoms with Gasteiger partial charge in [-0.1, -0.05) is 24.3 Å². The van der Waals surface area contributed by atoms with E-state index >= 15 is 0 Å². The van der Waals surface area contributed by atoms with Crippen LogP contribution < -0.4 is 10.9 Å². The van der Waals surface area contributed by atoms with Gasteiger partial charge in [0.2, 0.25) is 0 Å². The van der Waals surface area contributed by atoms with E-state index in [1.807, 2.05) is 0 Å². The maximum absolute atomic E-state index is 6.39. The van der Waals surface area contributed by atoms with Crippen molar-refractivity contribution in [3.63, 3.8) is 0 Å². The van der Waals surface area contributed by atoms with Gasteiger partial charge in [0.25, 0.3) is 0 Å². The predicted octanol–water partition coefficient (Wildman–Crippen LogP) is 5.09. The lowest BCUT2D eigenvalue weighted by atomic mass is 9.77. The number of aromatic nitrogens is 1. The number of ether oxygens (including phenoxy) is 1. The molecule has 4 heterocycles. The maximum atomic E-state index is 6.39. The molecule has 1 unspecified atom stereocenters. The van der Waals surface area contributed by atoms with Gasteiger partial charge in [0.15, 0.2) is 0 Å². The number of hydrogen-bond acceptors (Lipinski definition) is 5. The average molecular weight is 503 g/mol. The molecule has 6 nitrogen and oxygen atoms in total. The van der Waals surface area contributed by atoms with Crippen LogP contribution in [0.3, 0.4) is 0 Å². The van der Waals surface area contributed by atoms with Gasteiger partial charge in [-0.3, -0.25) is 0 Å². The van der Waals surface area contributed by atoms with Crippen LogP contribution >= 0.6 is 0 Å². The highest BCUT2D eigenvalue weighted by molar-refractivity contribution is 6.63. The molecule has 3 fully saturated rings. The van der Waals surface area contributed by atoms with Gasteiger partial charge in [0.05, 0.1) is 33.4 Å². The van der Waals surface area contributed by atoms with Gasteiger partial charge in [-0.2, -0.15) is 0 Å². The topological polar surface area (TPSA) is 51.1 Å². The molecular weight excluding hydrogens is 464 g/mol. The van der Waals surface area contributed by atoms with Crippen LogP contribution in [-0.2, 0) is 23.4 Å². The summed E-state index contributed by atoms with van der Waals surface area (Å²) in [4.78, 5) is 0. The highest BCUT2D eigenvalue weighted by Crippen LogP contribution is 2.40. The lowest BCUT2D eigenvalue weighted by Crippen LogP contribution is -2.41. The lowest BCUT2D eigenvalue weighted by molar-refractivity contribution is -0.0267. The lowest BCUT2D eigenvalue weighted by Gasteiger charge is -2.32. The first kappa shape index (κ1) is 25.4. The molecule has 0 amide bonds. The van der Waals surface area contributed by atoms with E-state index in [1.165, 1.54) is 6.42 Å². The minimum Gasteiger partial charge on any atom is -0.399 e. The fourth-order valence-electron chi connectivity index (χ4n) is 5.58. The maximum Gasteiger partial charge on any atom is 0.494 e. The average Bonchev–Trinajstić information content (AvgIpc) is 3.36. The molecule has 37 heavy (non-hydrogen) atoms. The first-order valence-electron chi connectivity index (χ1n) is 13.7. The largest absolute Gasteiger partial charge is 0.494 e. The third-order valence-electron chi connectivity index (χ3n) is 9.34. The fourth-order valence-corrected chi connectivity index (χ4v) is 5.58. The van der Waals surface area contributed by atoms with E-state index in [-0.39, 0.29) is 28.6 Å². The Balaban J connectivity index is 1.48. The Kier molecular flexibility index (Phi) is 5.73. The molecule has 3 aliphatic rings. The first-order valence-corrected chi connectivity index (χ1v) is 13.7. The Labute approximate surface area is 221 Å². The molecule has 6 rings (SSSR count). The van der Waals surface area contributed by atoms with Crippen molar-refractivity contribution in [2.45, 2.75) is 103 Å². The smallest absolute Gasteiger partial charge is 0.399 e. The highest BCUT2D eigenvalue weighted by atomic mass is 16.7. The van der Waals surface area contributed by atoms with Gasteiger partial charge in [-0.05, 0) is 97.7 Å². The van der Waals surface area contributed by atoms with Crippen molar-refractivity contribution in [3.8, 4) is 0 Å². The number of benzene rings is 2. The van der Waals surface area contributed by atoms with Crippen LogP contribution in [0.4, 0.5) is 0 Å². The Morgan fingerprint density at radius 2 is 1.08 bits per heavy atom. The van der Waals surface area contributed by atoms with Crippen molar-refractivity contribution < 1.29 is 23.4 Å². The number of rotatable bonds is 3. The molecule has 196 valence electrons. The van der Waals surface area contributed by atoms with Gasteiger partial charge >= 0.3 is 14.2 Å². The van der Waals surface area contributed by atoms with E-state index < -0.39 is 14.2 Å². The SMILES string of the molecule is CC1(C)OB(c2ccc3c(c2)c2cc(B4OC(C)(C)C(C)(C)O4)ccc2n3C2CCCCO2)OC1(C)C. The second-order valence-corrected chi connectivity index (χ2v) is 12.9. The molecule has 1 atom stereocenters. The Bertz CT molecular complexity index is 1230. The molecule has 3 aromatic rings. The van der Waals surface area contributed by atoms with Gasteiger partial charge < -0.3 is 27.9 Å². The van der Waals surface area contributed by atoms with Crippen LogP contribution in [0, 0.1) is 0 Å². The van der Waals surface area contributed by atoms with Crippen molar-refractivity contribution >= 4 is 47.0 Å². The van der Waals surface area contributed by atoms with Gasteiger partial charge in [-0.15, -0.1) is 0 Å². The van der Waals surface area contributed by atoms with Crippen LogP contribution in [0.25, 0.3) is 21.8 Å². The van der Waals surface area contributed by atoms with Crippen LogP contribution in [0.2, 0.25) is 0 Å². The Morgan fingerprint density at radius 1 is 0.649 bits per heavy atom. The molecule has 0 radical (unpaired) electrons. The van der Waals surface area contributed by atoms with Crippen molar-refractivity contribution in [2.24, 2.45) is 0 Å². The van der Waals surface area contributed by atoms with Gasteiger partial charge in [0.1, 0.15) is 6.23 Å². The minimum atomic E-state index is -0.412. The molecule has 1 aromatic heterocycles. The normalized spacial score (nSPS) is 26.4. The standard InChI is InChI=1S/C29H39B2NO5/c1-26(2)27(3,4)35-30(34-26)19-12-14-23-21(17-19)22-18-20(31-36-28(5,6)29(7,8)37-31)13-15-24(22)32(23)25-11-9-10-16-33-25/h12-15,17-18,25H,9-11,16H2,1-8H3. The van der Waals surface area contributed by atoms with Crippen molar-refractivity contribution in [3.05, 3.63) is 36.4 Å². The van der Waals surface area contributed by atoms with E-state index in [1.54, 1.807) is 0 Å². The summed E-state index contributed by atoms with van der Waals surface area (Å²) >= 11 is 0. The first-order chi connectivity index (χ1) is 17.3. The molecule has 3 saturated heterocycles. The molecule has 0 aliphatic carbocycles. The van der Waals surface area contributed by atoms with E-state index in [9.17, 15) is 0 Å². The molecular formula is C29H39B2NO5. The molecule has 0 spiro atoms. The number of fused-ring (bicyclic) bond motifs is 3. The summed E-state index contributed by atoms with van der Waals surface area (Å²) in [5.74, 6) is 0. The van der Waals surface area contributed by atoms with Gasteiger partial charge in [0, 0.05) is 17.4 Å². The number of hydrogen-bond donors (Lipinski definition) is 0. The summed E-state index contributed by atoms with van der Waals surface area (Å²) in [5, 5.41) is 2.32. The fraction of sp³-hybridized carbons (Fsp3) is 0.586. The van der Waals surface area contributed by atoms with E-state index in [2.05, 4.69) is 96.4 Å². The van der Waals surface area contributed by atoms with E-state index in [4.69, 9.17) is 23.4 Å². The van der Waals surface area contributed by atoms with Gasteiger partial charge in [-0.25, -0.2) is 0 Å². The second-order valence-electron chi connectivity index (χ2n) is 12.9. The number of nitrogens with zero attached hydrogens (tertiary/aromatic N) is 1. The van der Waals surface area contributed by atoms with Crippen molar-refractivity contribution in [1.29, 1.82) is 0 Å². The highest BCUT2D eigenvalue weighted by Gasteiger charge is 2.53. The summed E-state index contributed by atoms with van der Waals surface area (Å²) in [5.41, 5.74) is 2.81. The summed E-state index contributed by atoms with van der Waals surface area (Å²) in [6.45, 7) is 17.5. The van der Waals surface area contributed by atoms with Crippen molar-refractivity contribution in [2.75, 3.05) is 6.61 Å². The molecule has 0 saturated carbocycles. The summed E-state index contributed by atoms with van der Waals surface area (Å²) < 4.78 is 34.2. The molecule has 3 aliphatic heterocycles. The zero-order chi connectivity index (χ0) is 26.4. The van der Waals surface area contributed by atoms with Crippen LogP contribution in [0.15, 0.2) is 36.4 Å². The summed E-state index contributed by atoms with van der Waals surface area (Å²) in [7, 11) is -0.824. The monoisotopic (exact) mass is 503 g/mol. The zero-order valence-electron chi connectivity index (χ0n) is 23.5. The minimum absolute atomic E-state index is 0.0270. The van der Waals surface area contributed by atoms with E-state index in [0.29, 0.717) is 0 Å². The van der Waals surface area contributed by atoms with Crippen LogP contribution in [0.5, 0.6) is 0 Å². The van der Waals surface area contributed by atoms with Crippen LogP contribution in [0.1, 0.15) is 80.9 Å². The van der Waals surface area contributed by atoms with Crippen molar-refractivity contribution in [1.82, 2.24) is 4.57 Å². The summed E-state index contributed by atoms with van der Waals surface area (Å²) in [6, 6.07) is 13.1. The van der Waals surface area contributed by atoms with E-state index in [0.717, 1.165) is 52.2 Å². The molecule has 2 aromatic carbocycles. The third-order valence-corrected chi connectivity index (χ3v) is 9.34. The molecule has 0 N–H and O–H groups in total. The Hall–Kier alpha value is -1.83. The molecule has 8 heteroatoms. The zero-order valence-corrected chi connectivity index (χ0v) is 23.5. The quantitative estimate of drug-likeness (QED) is 0.467. The summed E-state index contributed by atoms with van der Waals surface area (Å²) in [6.07, 6.45) is 3.33. The van der Waals surface area contributed by atoms with Crippen LogP contribution in [-0.4, -0.2) is 47.8 Å². The predicted molar refractivity (Wildman–Crippen MR) is 150 cm³/mol. The Morgan fingerprint density at radius 3 is 1.46 bits per heavy atom. The molecule has 0 bridgehead atoms.